The minimum Gasteiger partial charge on any atom is -0.503 e. The lowest BCUT2D eigenvalue weighted by molar-refractivity contribution is -0.132. The summed E-state index contributed by atoms with van der Waals surface area (Å²) >= 11 is 4.66. The van der Waals surface area contributed by atoms with Crippen LogP contribution in [-0.4, -0.2) is 28.2 Å². The summed E-state index contributed by atoms with van der Waals surface area (Å²) < 4.78 is 4.35. The number of hydrogen-bond acceptors (Lipinski definition) is 5. The summed E-state index contributed by atoms with van der Waals surface area (Å²) in [5.74, 6) is -0.920. The molecule has 0 aromatic carbocycles. The standard InChI is InChI=1S/C8H8N2O4S/c1-14-8(13)7(15)10-5-3-2-4(11)6(12)9-5/h2-3,11H,1H3,(H2,9,10,12,15). The number of rotatable bonds is 1. The van der Waals surface area contributed by atoms with Crippen molar-refractivity contribution in [2.45, 2.75) is 0 Å². The minimum atomic E-state index is -0.709. The van der Waals surface area contributed by atoms with Gasteiger partial charge in [-0.1, -0.05) is 12.2 Å². The number of pyridine rings is 1. The fourth-order valence-electron chi connectivity index (χ4n) is 0.805. The molecule has 0 aliphatic heterocycles. The molecule has 0 bridgehead atoms. The average molecular weight is 228 g/mol. The predicted octanol–water partition coefficient (Wildman–Crippen LogP) is -0.00720. The lowest BCUT2D eigenvalue weighted by atomic mass is 10.4. The second-order valence-electron chi connectivity index (χ2n) is 2.53. The Morgan fingerprint density at radius 2 is 2.27 bits per heavy atom. The molecule has 0 aliphatic rings. The Labute approximate surface area is 89.9 Å². The van der Waals surface area contributed by atoms with Crippen molar-refractivity contribution in [2.24, 2.45) is 0 Å². The van der Waals surface area contributed by atoms with Crippen LogP contribution >= 0.6 is 12.2 Å². The molecule has 0 amide bonds. The Balaban J connectivity index is 2.82. The van der Waals surface area contributed by atoms with Crippen LogP contribution in [0.25, 0.3) is 0 Å². The third-order valence-corrected chi connectivity index (χ3v) is 1.78. The van der Waals surface area contributed by atoms with Crippen molar-refractivity contribution in [3.8, 4) is 5.75 Å². The van der Waals surface area contributed by atoms with E-state index in [-0.39, 0.29) is 10.8 Å². The molecule has 1 aromatic rings. The van der Waals surface area contributed by atoms with Gasteiger partial charge in [-0.05, 0) is 12.1 Å². The molecule has 0 aliphatic carbocycles. The number of esters is 1. The SMILES string of the molecule is COC(=O)C(=S)Nc1ccc(O)c(=O)[nH]1. The third kappa shape index (κ3) is 2.78. The van der Waals surface area contributed by atoms with Crippen LogP contribution in [0.15, 0.2) is 16.9 Å². The molecule has 0 radical (unpaired) electrons. The van der Waals surface area contributed by atoms with Crippen molar-refractivity contribution in [1.82, 2.24) is 4.98 Å². The van der Waals surface area contributed by atoms with Gasteiger partial charge in [-0.3, -0.25) is 4.79 Å². The van der Waals surface area contributed by atoms with Gasteiger partial charge in [0, 0.05) is 0 Å². The van der Waals surface area contributed by atoms with Crippen molar-refractivity contribution in [3.05, 3.63) is 22.5 Å². The van der Waals surface area contributed by atoms with Crippen LogP contribution in [0.4, 0.5) is 5.82 Å². The van der Waals surface area contributed by atoms with Crippen LogP contribution in [0.5, 0.6) is 5.75 Å². The number of methoxy groups -OCH3 is 1. The van der Waals surface area contributed by atoms with E-state index < -0.39 is 17.3 Å². The molecule has 7 heteroatoms. The fraction of sp³-hybridized carbons (Fsp3) is 0.125. The van der Waals surface area contributed by atoms with Crippen molar-refractivity contribution >= 4 is 29.0 Å². The number of carbonyl (C=O) groups excluding carboxylic acids is 1. The zero-order valence-corrected chi connectivity index (χ0v) is 8.55. The van der Waals surface area contributed by atoms with Gasteiger partial charge in [0.1, 0.15) is 5.82 Å². The highest BCUT2D eigenvalue weighted by Gasteiger charge is 2.09. The van der Waals surface area contributed by atoms with Gasteiger partial charge in [0.2, 0.25) is 0 Å². The number of aromatic amines is 1. The number of ether oxygens (including phenoxy) is 1. The summed E-state index contributed by atoms with van der Waals surface area (Å²) in [5, 5.41) is 11.4. The summed E-state index contributed by atoms with van der Waals surface area (Å²) in [5.41, 5.74) is -0.673. The number of H-pyrrole nitrogens is 1. The maximum absolute atomic E-state index is 11.0. The van der Waals surface area contributed by atoms with E-state index in [2.05, 4.69) is 27.3 Å². The number of aromatic hydroxyl groups is 1. The molecule has 15 heavy (non-hydrogen) atoms. The average Bonchev–Trinajstić information content (AvgIpc) is 2.22. The van der Waals surface area contributed by atoms with Crippen molar-refractivity contribution in [1.29, 1.82) is 0 Å². The second-order valence-corrected chi connectivity index (χ2v) is 2.94. The number of hydrogen-bond donors (Lipinski definition) is 3. The molecule has 6 nitrogen and oxygen atoms in total. The topological polar surface area (TPSA) is 91.4 Å². The summed E-state index contributed by atoms with van der Waals surface area (Å²) in [6, 6.07) is 2.55. The number of anilines is 1. The highest BCUT2D eigenvalue weighted by Crippen LogP contribution is 2.04. The van der Waals surface area contributed by atoms with Gasteiger partial charge in [0.05, 0.1) is 7.11 Å². The fourth-order valence-corrected chi connectivity index (χ4v) is 0.998. The number of thiocarbonyl (C=S) groups is 1. The molecule has 80 valence electrons. The first-order chi connectivity index (χ1) is 7.04. The number of nitrogens with one attached hydrogen (secondary N) is 2. The van der Waals surface area contributed by atoms with Crippen molar-refractivity contribution in [3.63, 3.8) is 0 Å². The van der Waals surface area contributed by atoms with Gasteiger partial charge in [-0.15, -0.1) is 0 Å². The van der Waals surface area contributed by atoms with E-state index in [9.17, 15) is 9.59 Å². The first kappa shape index (κ1) is 11.2. The predicted molar refractivity (Wildman–Crippen MR) is 57.0 cm³/mol. The quantitative estimate of drug-likeness (QED) is 0.462. The lowest BCUT2D eigenvalue weighted by Gasteiger charge is -2.05. The Hall–Kier alpha value is -1.89. The van der Waals surface area contributed by atoms with E-state index in [1.165, 1.54) is 19.2 Å². The molecule has 0 spiro atoms. The molecular formula is C8H8N2O4S. The van der Waals surface area contributed by atoms with E-state index in [4.69, 9.17) is 5.11 Å². The normalized spacial score (nSPS) is 9.40. The highest BCUT2D eigenvalue weighted by molar-refractivity contribution is 7.82. The maximum atomic E-state index is 11.0. The molecule has 0 saturated carbocycles. The Bertz CT molecular complexity index is 454. The van der Waals surface area contributed by atoms with Crippen LogP contribution in [0.1, 0.15) is 0 Å². The van der Waals surface area contributed by atoms with Gasteiger partial charge in [-0.25, -0.2) is 4.79 Å². The zero-order chi connectivity index (χ0) is 11.4. The van der Waals surface area contributed by atoms with Gasteiger partial charge in [-0.2, -0.15) is 0 Å². The first-order valence-corrected chi connectivity index (χ1v) is 4.27. The third-order valence-electron chi connectivity index (χ3n) is 1.51. The Morgan fingerprint density at radius 1 is 1.60 bits per heavy atom. The maximum Gasteiger partial charge on any atom is 0.365 e. The van der Waals surface area contributed by atoms with E-state index in [1.54, 1.807) is 0 Å². The Morgan fingerprint density at radius 3 is 2.80 bits per heavy atom. The van der Waals surface area contributed by atoms with Crippen LogP contribution in [0.2, 0.25) is 0 Å². The minimum absolute atomic E-state index is 0.182. The van der Waals surface area contributed by atoms with Gasteiger partial charge >= 0.3 is 5.97 Å². The van der Waals surface area contributed by atoms with E-state index in [1.807, 2.05) is 0 Å². The molecule has 0 unspecified atom stereocenters. The number of aromatic nitrogens is 1. The Kier molecular flexibility index (Phi) is 3.40. The van der Waals surface area contributed by atoms with E-state index >= 15 is 0 Å². The monoisotopic (exact) mass is 228 g/mol. The molecule has 1 rings (SSSR count). The molecule has 1 aromatic heterocycles. The van der Waals surface area contributed by atoms with Crippen LogP contribution in [0.3, 0.4) is 0 Å². The smallest absolute Gasteiger partial charge is 0.365 e. The van der Waals surface area contributed by atoms with E-state index in [0.29, 0.717) is 0 Å². The molecule has 0 saturated heterocycles. The van der Waals surface area contributed by atoms with Gasteiger partial charge in [0.15, 0.2) is 10.7 Å². The lowest BCUT2D eigenvalue weighted by Crippen LogP contribution is -2.23. The van der Waals surface area contributed by atoms with Gasteiger partial charge in [0.25, 0.3) is 5.56 Å². The van der Waals surface area contributed by atoms with E-state index in [0.717, 1.165) is 0 Å². The molecule has 0 fully saturated rings. The summed E-state index contributed by atoms with van der Waals surface area (Å²) in [4.78, 5) is 23.9. The number of carbonyl (C=O) groups is 1. The molecule has 3 N–H and O–H groups in total. The summed E-state index contributed by atoms with van der Waals surface area (Å²) in [6.07, 6.45) is 0. The second kappa shape index (κ2) is 4.56. The van der Waals surface area contributed by atoms with Crippen LogP contribution in [0, 0.1) is 0 Å². The molecule has 0 atom stereocenters. The van der Waals surface area contributed by atoms with Crippen LogP contribution < -0.4 is 10.9 Å². The van der Waals surface area contributed by atoms with Crippen LogP contribution in [-0.2, 0) is 9.53 Å². The van der Waals surface area contributed by atoms with Crippen molar-refractivity contribution in [2.75, 3.05) is 12.4 Å². The van der Waals surface area contributed by atoms with Gasteiger partial charge < -0.3 is 20.1 Å². The molecular weight excluding hydrogens is 220 g/mol. The highest BCUT2D eigenvalue weighted by atomic mass is 32.1. The largest absolute Gasteiger partial charge is 0.503 e. The zero-order valence-electron chi connectivity index (χ0n) is 7.73. The van der Waals surface area contributed by atoms with Crippen molar-refractivity contribution < 1.29 is 14.6 Å². The summed E-state index contributed by atoms with van der Waals surface area (Å²) in [6.45, 7) is 0. The summed E-state index contributed by atoms with van der Waals surface area (Å²) in [7, 11) is 1.19. The molecule has 1 heterocycles. The first-order valence-electron chi connectivity index (χ1n) is 3.86.